The Morgan fingerprint density at radius 1 is 1.40 bits per heavy atom. The average molecular weight is 248 g/mol. The van der Waals surface area contributed by atoms with Gasteiger partial charge in [-0.3, -0.25) is 4.55 Å². The maximum absolute atomic E-state index is 10.7. The fourth-order valence-corrected chi connectivity index (χ4v) is 1.68. The molecule has 0 saturated heterocycles. The molecule has 15 heavy (non-hydrogen) atoms. The lowest BCUT2D eigenvalue weighted by Gasteiger charge is -2.07. The molecule has 1 aromatic carbocycles. The summed E-state index contributed by atoms with van der Waals surface area (Å²) in [5.41, 5.74) is 0.772. The largest absolute Gasteiger partial charge is 0.497 e. The summed E-state index contributed by atoms with van der Waals surface area (Å²) in [5, 5.41) is 0. The second-order valence-corrected chi connectivity index (χ2v) is 5.59. The molecule has 1 unspecified atom stereocenters. The monoisotopic (exact) mass is 248 g/mol. The number of hydrogen-bond donors (Lipinski definition) is 2. The van der Waals surface area contributed by atoms with E-state index in [4.69, 9.17) is 9.29 Å². The SMILES string of the molecule is COc1ccc(CC(S)S(=O)(=O)O)cc1. The first-order valence-electron chi connectivity index (χ1n) is 4.21. The Kier molecular flexibility index (Phi) is 4.01. The van der Waals surface area contributed by atoms with Crippen molar-refractivity contribution in [2.45, 2.75) is 11.0 Å². The van der Waals surface area contributed by atoms with E-state index in [9.17, 15) is 8.42 Å². The highest BCUT2D eigenvalue weighted by Gasteiger charge is 2.18. The van der Waals surface area contributed by atoms with E-state index in [-0.39, 0.29) is 6.42 Å². The van der Waals surface area contributed by atoms with E-state index in [0.717, 1.165) is 5.56 Å². The first-order valence-corrected chi connectivity index (χ1v) is 6.22. The molecule has 0 aliphatic rings. The number of methoxy groups -OCH3 is 1. The highest BCUT2D eigenvalue weighted by atomic mass is 32.3. The zero-order chi connectivity index (χ0) is 11.5. The molecule has 1 rings (SSSR count). The average Bonchev–Trinajstić information content (AvgIpc) is 2.17. The summed E-state index contributed by atoms with van der Waals surface area (Å²) in [6.45, 7) is 0. The lowest BCUT2D eigenvalue weighted by atomic mass is 10.2. The fraction of sp³-hybridized carbons (Fsp3) is 0.333. The molecule has 6 heteroatoms. The highest BCUT2D eigenvalue weighted by Crippen LogP contribution is 2.16. The van der Waals surface area contributed by atoms with Gasteiger partial charge in [-0.15, -0.1) is 0 Å². The Bertz CT molecular complexity index is 410. The number of rotatable bonds is 4. The van der Waals surface area contributed by atoms with Gasteiger partial charge in [0, 0.05) is 6.42 Å². The third-order valence-electron chi connectivity index (χ3n) is 1.91. The maximum Gasteiger partial charge on any atom is 0.277 e. The molecule has 0 heterocycles. The second-order valence-electron chi connectivity index (χ2n) is 3.02. The molecule has 0 amide bonds. The minimum absolute atomic E-state index is 0.159. The van der Waals surface area contributed by atoms with Gasteiger partial charge in [-0.25, -0.2) is 0 Å². The first kappa shape index (κ1) is 12.4. The number of thiol groups is 1. The molecule has 4 nitrogen and oxygen atoms in total. The van der Waals surface area contributed by atoms with Crippen LogP contribution in [0, 0.1) is 0 Å². The maximum atomic E-state index is 10.7. The van der Waals surface area contributed by atoms with E-state index in [1.165, 1.54) is 0 Å². The van der Waals surface area contributed by atoms with Crippen LogP contribution >= 0.6 is 12.6 Å². The van der Waals surface area contributed by atoms with E-state index >= 15 is 0 Å². The van der Waals surface area contributed by atoms with E-state index in [2.05, 4.69) is 12.6 Å². The van der Waals surface area contributed by atoms with Gasteiger partial charge in [0.05, 0.1) is 7.11 Å². The predicted octanol–water partition coefficient (Wildman–Crippen LogP) is 1.38. The molecule has 1 N–H and O–H groups in total. The molecule has 0 fully saturated rings. The van der Waals surface area contributed by atoms with E-state index in [1.807, 2.05) is 0 Å². The minimum Gasteiger partial charge on any atom is -0.497 e. The summed E-state index contributed by atoms with van der Waals surface area (Å²) in [6, 6.07) is 6.90. The molecule has 0 radical (unpaired) electrons. The van der Waals surface area contributed by atoms with Crippen LogP contribution in [0.1, 0.15) is 5.56 Å². The summed E-state index contributed by atoms with van der Waals surface area (Å²) < 4.78 is 34.0. The van der Waals surface area contributed by atoms with Gasteiger partial charge >= 0.3 is 0 Å². The molecule has 84 valence electrons. The van der Waals surface area contributed by atoms with Crippen LogP contribution in [0.2, 0.25) is 0 Å². The third-order valence-corrected chi connectivity index (χ3v) is 3.75. The molecule has 0 aliphatic heterocycles. The van der Waals surface area contributed by atoms with Crippen LogP contribution in [-0.2, 0) is 16.5 Å². The lowest BCUT2D eigenvalue weighted by Crippen LogP contribution is -2.16. The molecule has 1 aromatic rings. The quantitative estimate of drug-likeness (QED) is 0.624. The summed E-state index contributed by atoms with van der Waals surface area (Å²) in [6.07, 6.45) is 0.159. The predicted molar refractivity (Wildman–Crippen MR) is 61.0 cm³/mol. The Hall–Kier alpha value is -0.720. The van der Waals surface area contributed by atoms with Gasteiger partial charge in [0.1, 0.15) is 10.3 Å². The smallest absolute Gasteiger partial charge is 0.277 e. The van der Waals surface area contributed by atoms with Gasteiger partial charge in [0.15, 0.2) is 0 Å². The minimum atomic E-state index is -4.08. The number of benzene rings is 1. The van der Waals surface area contributed by atoms with E-state index < -0.39 is 14.7 Å². The fourth-order valence-electron chi connectivity index (χ4n) is 1.07. The van der Waals surface area contributed by atoms with Crippen LogP contribution in [0.5, 0.6) is 5.75 Å². The van der Waals surface area contributed by atoms with Gasteiger partial charge in [-0.05, 0) is 17.7 Å². The number of ether oxygens (including phenoxy) is 1. The van der Waals surface area contributed by atoms with Crippen LogP contribution < -0.4 is 4.74 Å². The summed E-state index contributed by atoms with van der Waals surface area (Å²) in [4.78, 5) is 0. The van der Waals surface area contributed by atoms with Crippen molar-refractivity contribution in [3.8, 4) is 5.75 Å². The molecule has 0 bridgehead atoms. The Labute approximate surface area is 94.4 Å². The summed E-state index contributed by atoms with van der Waals surface area (Å²) in [5.74, 6) is 0.696. The standard InChI is InChI=1S/C9H12O4S2/c1-13-8-4-2-7(3-5-8)6-9(14)15(10,11)12/h2-5,9,14H,6H2,1H3,(H,10,11,12). The van der Waals surface area contributed by atoms with Crippen molar-refractivity contribution < 1.29 is 17.7 Å². The zero-order valence-corrected chi connectivity index (χ0v) is 9.83. The molecule has 0 saturated carbocycles. The molecule has 0 aliphatic carbocycles. The molecule has 0 aromatic heterocycles. The van der Waals surface area contributed by atoms with Crippen molar-refractivity contribution in [2.75, 3.05) is 7.11 Å². The normalized spacial score (nSPS) is 13.5. The summed E-state index contributed by atoms with van der Waals surface area (Å²) in [7, 11) is -2.53. The van der Waals surface area contributed by atoms with Crippen molar-refractivity contribution >= 4 is 22.7 Å². The van der Waals surface area contributed by atoms with Gasteiger partial charge in [0.25, 0.3) is 10.1 Å². The lowest BCUT2D eigenvalue weighted by molar-refractivity contribution is 0.414. The van der Waals surface area contributed by atoms with E-state index in [0.29, 0.717) is 5.75 Å². The van der Waals surface area contributed by atoms with Gasteiger partial charge in [-0.1, -0.05) is 12.1 Å². The van der Waals surface area contributed by atoms with Crippen LogP contribution in [-0.4, -0.2) is 24.7 Å². The molecule has 1 atom stereocenters. The Morgan fingerprint density at radius 3 is 2.33 bits per heavy atom. The highest BCUT2D eigenvalue weighted by molar-refractivity contribution is 8.01. The topological polar surface area (TPSA) is 63.6 Å². The van der Waals surface area contributed by atoms with Crippen molar-refractivity contribution in [3.05, 3.63) is 29.8 Å². The molecular weight excluding hydrogens is 236 g/mol. The van der Waals surface area contributed by atoms with Gasteiger partial charge in [0.2, 0.25) is 0 Å². The van der Waals surface area contributed by atoms with Crippen molar-refractivity contribution in [1.82, 2.24) is 0 Å². The molecular formula is C9H12O4S2. The third kappa shape index (κ3) is 3.73. The van der Waals surface area contributed by atoms with Crippen LogP contribution in [0.15, 0.2) is 24.3 Å². The van der Waals surface area contributed by atoms with Crippen molar-refractivity contribution in [2.24, 2.45) is 0 Å². The zero-order valence-electron chi connectivity index (χ0n) is 8.12. The molecule has 0 spiro atoms. The van der Waals surface area contributed by atoms with Crippen LogP contribution in [0.4, 0.5) is 0 Å². The van der Waals surface area contributed by atoms with Crippen LogP contribution in [0.3, 0.4) is 0 Å². The Morgan fingerprint density at radius 2 is 1.93 bits per heavy atom. The van der Waals surface area contributed by atoms with Gasteiger partial charge in [-0.2, -0.15) is 21.0 Å². The second kappa shape index (κ2) is 4.87. The van der Waals surface area contributed by atoms with E-state index in [1.54, 1.807) is 31.4 Å². The number of hydrogen-bond acceptors (Lipinski definition) is 4. The van der Waals surface area contributed by atoms with Crippen LogP contribution in [0.25, 0.3) is 0 Å². The Balaban J connectivity index is 2.74. The van der Waals surface area contributed by atoms with Crippen molar-refractivity contribution in [1.29, 1.82) is 0 Å². The van der Waals surface area contributed by atoms with Gasteiger partial charge < -0.3 is 4.74 Å². The summed E-state index contributed by atoms with van der Waals surface area (Å²) >= 11 is 3.80. The van der Waals surface area contributed by atoms with Crippen molar-refractivity contribution in [3.63, 3.8) is 0 Å². The first-order chi connectivity index (χ1) is 6.93.